The van der Waals surface area contributed by atoms with Crippen molar-refractivity contribution in [3.8, 4) is 5.69 Å². The van der Waals surface area contributed by atoms with Crippen LogP contribution in [0.5, 0.6) is 0 Å². The standard InChI is InChI=1S/C11H11N5O2S2/c17-10(18)5-4-9(19)12-7-2-1-3-8(6-7)16-11(20)13-14-15-16/h1-3,6H,4-5H2,(H,12,19)(H,17,18)(H,13,15,20). The molecule has 0 unspecified atom stereocenters. The lowest BCUT2D eigenvalue weighted by molar-refractivity contribution is -0.136. The smallest absolute Gasteiger partial charge is 0.303 e. The number of thiocarbonyl (C=S) groups is 1. The molecule has 1 aromatic heterocycles. The molecule has 0 bridgehead atoms. The van der Waals surface area contributed by atoms with E-state index in [1.807, 2.05) is 24.3 Å². The number of aromatic nitrogens is 4. The van der Waals surface area contributed by atoms with Crippen LogP contribution in [0.3, 0.4) is 0 Å². The maximum atomic E-state index is 10.5. The van der Waals surface area contributed by atoms with Gasteiger partial charge in [0.05, 0.1) is 17.1 Å². The Morgan fingerprint density at radius 3 is 2.90 bits per heavy atom. The number of tetrazole rings is 1. The van der Waals surface area contributed by atoms with Gasteiger partial charge in [0.15, 0.2) is 0 Å². The zero-order valence-electron chi connectivity index (χ0n) is 10.2. The molecule has 1 aromatic carbocycles. The van der Waals surface area contributed by atoms with Crippen LogP contribution >= 0.6 is 24.4 Å². The Labute approximate surface area is 124 Å². The van der Waals surface area contributed by atoms with Gasteiger partial charge in [-0.25, -0.2) is 4.68 Å². The van der Waals surface area contributed by atoms with Crippen LogP contribution in [0.2, 0.25) is 0 Å². The fourth-order valence-corrected chi connectivity index (χ4v) is 1.94. The molecule has 7 nitrogen and oxygen atoms in total. The van der Waals surface area contributed by atoms with Gasteiger partial charge in [-0.15, -0.1) is 0 Å². The number of carboxylic acid groups (broad SMARTS) is 1. The third-order valence-corrected chi connectivity index (χ3v) is 3.00. The molecule has 9 heteroatoms. The molecule has 2 aromatic rings. The minimum Gasteiger partial charge on any atom is -0.481 e. The Kier molecular flexibility index (Phi) is 4.53. The maximum absolute atomic E-state index is 10.5. The molecule has 0 aliphatic heterocycles. The van der Waals surface area contributed by atoms with E-state index in [9.17, 15) is 4.79 Å². The molecule has 0 saturated heterocycles. The van der Waals surface area contributed by atoms with Crippen molar-refractivity contribution in [1.29, 1.82) is 0 Å². The fraction of sp³-hybridized carbons (Fsp3) is 0.182. The van der Waals surface area contributed by atoms with Crippen molar-refractivity contribution in [3.63, 3.8) is 0 Å². The van der Waals surface area contributed by atoms with Crippen molar-refractivity contribution in [2.24, 2.45) is 0 Å². The summed E-state index contributed by atoms with van der Waals surface area (Å²) < 4.78 is 1.86. The highest BCUT2D eigenvalue weighted by Gasteiger charge is 2.04. The summed E-state index contributed by atoms with van der Waals surface area (Å²) in [5.74, 6) is -0.877. The predicted octanol–water partition coefficient (Wildman–Crippen LogP) is 1.93. The van der Waals surface area contributed by atoms with Gasteiger partial charge in [-0.1, -0.05) is 28.6 Å². The quantitative estimate of drug-likeness (QED) is 0.726. The van der Waals surface area contributed by atoms with Crippen molar-refractivity contribution < 1.29 is 9.90 Å². The number of nitrogens with zero attached hydrogens (tertiary/aromatic N) is 3. The first kappa shape index (κ1) is 14.3. The van der Waals surface area contributed by atoms with E-state index in [-0.39, 0.29) is 6.42 Å². The zero-order valence-corrected chi connectivity index (χ0v) is 11.9. The van der Waals surface area contributed by atoms with Gasteiger partial charge in [-0.3, -0.25) is 4.79 Å². The summed E-state index contributed by atoms with van der Waals surface area (Å²) in [6.45, 7) is 0. The second-order valence-electron chi connectivity index (χ2n) is 3.91. The first-order chi connectivity index (χ1) is 9.56. The normalized spacial score (nSPS) is 10.2. The monoisotopic (exact) mass is 309 g/mol. The number of H-pyrrole nitrogens is 1. The molecular formula is C11H11N5O2S2. The number of carboxylic acids is 1. The van der Waals surface area contributed by atoms with Crippen LogP contribution in [0, 0.1) is 4.77 Å². The van der Waals surface area contributed by atoms with Gasteiger partial charge in [0.2, 0.25) is 4.77 Å². The number of hydrogen-bond donors (Lipinski definition) is 3. The van der Waals surface area contributed by atoms with E-state index in [2.05, 4.69) is 20.8 Å². The van der Waals surface area contributed by atoms with E-state index >= 15 is 0 Å². The molecule has 0 aliphatic rings. The van der Waals surface area contributed by atoms with Crippen molar-refractivity contribution in [2.75, 3.05) is 5.32 Å². The number of nitrogens with one attached hydrogen (secondary N) is 2. The van der Waals surface area contributed by atoms with E-state index in [0.29, 0.717) is 16.2 Å². The highest BCUT2D eigenvalue weighted by atomic mass is 32.1. The number of rotatable bonds is 5. The molecule has 104 valence electrons. The molecule has 0 amide bonds. The Morgan fingerprint density at radius 2 is 2.25 bits per heavy atom. The van der Waals surface area contributed by atoms with E-state index in [4.69, 9.17) is 29.5 Å². The summed E-state index contributed by atoms with van der Waals surface area (Å²) in [6.07, 6.45) is 0.293. The van der Waals surface area contributed by atoms with Crippen molar-refractivity contribution in [3.05, 3.63) is 29.0 Å². The van der Waals surface area contributed by atoms with Crippen LogP contribution in [-0.4, -0.2) is 36.3 Å². The van der Waals surface area contributed by atoms with Gasteiger partial charge in [0.25, 0.3) is 0 Å². The molecule has 0 atom stereocenters. The topological polar surface area (TPSA) is 95.8 Å². The number of carbonyl (C=O) groups is 1. The number of anilines is 1. The molecule has 0 saturated carbocycles. The number of benzene rings is 1. The highest BCUT2D eigenvalue weighted by molar-refractivity contribution is 7.80. The molecule has 3 N–H and O–H groups in total. The van der Waals surface area contributed by atoms with Gasteiger partial charge in [0, 0.05) is 12.1 Å². The largest absolute Gasteiger partial charge is 0.481 e. The van der Waals surface area contributed by atoms with Crippen LogP contribution in [-0.2, 0) is 4.79 Å². The summed E-state index contributed by atoms with van der Waals surface area (Å²) in [4.78, 5) is 11.0. The van der Waals surface area contributed by atoms with Crippen LogP contribution < -0.4 is 5.32 Å². The van der Waals surface area contributed by atoms with E-state index < -0.39 is 5.97 Å². The number of aliphatic carboxylic acids is 1. The third-order valence-electron chi connectivity index (χ3n) is 2.43. The average Bonchev–Trinajstić information content (AvgIpc) is 2.83. The molecule has 1 heterocycles. The molecule has 0 aliphatic carbocycles. The summed E-state index contributed by atoms with van der Waals surface area (Å²) >= 11 is 10.1. The summed E-state index contributed by atoms with van der Waals surface area (Å²) in [7, 11) is 0. The molecule has 20 heavy (non-hydrogen) atoms. The van der Waals surface area contributed by atoms with Crippen molar-refractivity contribution >= 4 is 41.1 Å². The molecule has 0 radical (unpaired) electrons. The van der Waals surface area contributed by atoms with Crippen LogP contribution in [0.25, 0.3) is 5.69 Å². The third kappa shape index (κ3) is 3.68. The van der Waals surface area contributed by atoms with Gasteiger partial charge in [0.1, 0.15) is 0 Å². The average molecular weight is 309 g/mol. The van der Waals surface area contributed by atoms with Gasteiger partial charge in [-0.2, -0.15) is 5.21 Å². The lowest BCUT2D eigenvalue weighted by Gasteiger charge is -2.08. The van der Waals surface area contributed by atoms with Crippen LogP contribution in [0.1, 0.15) is 12.8 Å². The molecule has 0 fully saturated rings. The first-order valence-electron chi connectivity index (χ1n) is 5.68. The minimum atomic E-state index is -0.877. The Bertz CT molecular complexity index is 694. The molecule has 0 spiro atoms. The lowest BCUT2D eigenvalue weighted by atomic mass is 10.2. The second kappa shape index (κ2) is 6.35. The van der Waals surface area contributed by atoms with Gasteiger partial charge < -0.3 is 10.4 Å². The van der Waals surface area contributed by atoms with Crippen LogP contribution in [0.4, 0.5) is 5.69 Å². The Hall–Kier alpha value is -2.13. The number of aromatic amines is 1. The summed E-state index contributed by atoms with van der Waals surface area (Å²) in [6, 6.07) is 7.29. The first-order valence-corrected chi connectivity index (χ1v) is 6.50. The van der Waals surface area contributed by atoms with Gasteiger partial charge in [-0.05, 0) is 30.4 Å². The van der Waals surface area contributed by atoms with Crippen molar-refractivity contribution in [2.45, 2.75) is 12.8 Å². The highest BCUT2D eigenvalue weighted by Crippen LogP contribution is 2.14. The fourth-order valence-electron chi connectivity index (χ4n) is 1.53. The SMILES string of the molecule is O=C(O)CCC(=S)Nc1cccc(-n2[nH]nnc2=S)c1. The Balaban J connectivity index is 2.11. The zero-order chi connectivity index (χ0) is 14.5. The maximum Gasteiger partial charge on any atom is 0.303 e. The summed E-state index contributed by atoms with van der Waals surface area (Å²) in [5.41, 5.74) is 1.50. The lowest BCUT2D eigenvalue weighted by Crippen LogP contribution is -2.11. The predicted molar refractivity (Wildman–Crippen MR) is 79.6 cm³/mol. The van der Waals surface area contributed by atoms with Crippen molar-refractivity contribution in [1.82, 2.24) is 20.2 Å². The molecular weight excluding hydrogens is 298 g/mol. The van der Waals surface area contributed by atoms with Gasteiger partial charge >= 0.3 is 5.97 Å². The Morgan fingerprint density at radius 1 is 1.45 bits per heavy atom. The summed E-state index contributed by atoms with van der Waals surface area (Å²) in [5, 5.41) is 21.6. The molecule has 2 rings (SSSR count). The minimum absolute atomic E-state index is 0.00104. The van der Waals surface area contributed by atoms with Crippen LogP contribution in [0.15, 0.2) is 24.3 Å². The number of hydrogen-bond acceptors (Lipinski definition) is 5. The van der Waals surface area contributed by atoms with E-state index in [1.54, 1.807) is 4.68 Å². The van der Waals surface area contributed by atoms with E-state index in [1.165, 1.54) is 0 Å². The van der Waals surface area contributed by atoms with E-state index in [0.717, 1.165) is 11.4 Å². The second-order valence-corrected chi connectivity index (χ2v) is 4.77.